The van der Waals surface area contributed by atoms with Crippen molar-refractivity contribution in [2.24, 2.45) is 5.92 Å². The van der Waals surface area contributed by atoms with E-state index in [1.807, 2.05) is 25.7 Å². The molecule has 6 nitrogen and oxygen atoms in total. The van der Waals surface area contributed by atoms with Crippen LogP contribution < -0.4 is 5.32 Å². The van der Waals surface area contributed by atoms with E-state index < -0.39 is 5.60 Å². The minimum atomic E-state index is -0.444. The summed E-state index contributed by atoms with van der Waals surface area (Å²) in [6.45, 7) is 9.31. The quantitative estimate of drug-likeness (QED) is 0.929. The largest absolute Gasteiger partial charge is 0.444 e. The second-order valence-electron chi connectivity index (χ2n) is 6.51. The van der Waals surface area contributed by atoms with Crippen LogP contribution in [0.3, 0.4) is 0 Å². The van der Waals surface area contributed by atoms with E-state index in [0.717, 1.165) is 31.1 Å². The summed E-state index contributed by atoms with van der Waals surface area (Å²) in [5, 5.41) is 12.0. The van der Waals surface area contributed by atoms with Gasteiger partial charge in [0.25, 0.3) is 0 Å². The Morgan fingerprint density at radius 3 is 2.95 bits per heavy atom. The van der Waals surface area contributed by atoms with Gasteiger partial charge in [-0.25, -0.2) is 4.79 Å². The molecule has 1 aromatic heterocycles. The maximum atomic E-state index is 12.2. The molecule has 118 valence electrons. The fourth-order valence-electron chi connectivity index (χ4n) is 2.46. The summed E-state index contributed by atoms with van der Waals surface area (Å²) in [6, 6.07) is 0.253. The summed E-state index contributed by atoms with van der Waals surface area (Å²) in [5.41, 5.74) is 1.27. The predicted molar refractivity (Wildman–Crippen MR) is 83.5 cm³/mol. The zero-order valence-corrected chi connectivity index (χ0v) is 13.9. The number of rotatable bonds is 3. The number of likely N-dealkylation sites (tertiary alicyclic amines) is 1. The van der Waals surface area contributed by atoms with Gasteiger partial charge in [-0.3, -0.25) is 0 Å². The van der Waals surface area contributed by atoms with Gasteiger partial charge >= 0.3 is 6.09 Å². The van der Waals surface area contributed by atoms with Gasteiger partial charge in [0.15, 0.2) is 0 Å². The Morgan fingerprint density at radius 2 is 2.33 bits per heavy atom. The number of ether oxygens (including phenoxy) is 1. The monoisotopic (exact) mass is 312 g/mol. The number of aromatic nitrogens is 2. The molecule has 1 saturated heterocycles. The van der Waals surface area contributed by atoms with Crippen LogP contribution in [0.25, 0.3) is 0 Å². The normalized spacial score (nSPS) is 21.0. The summed E-state index contributed by atoms with van der Waals surface area (Å²) >= 11 is 1.49. The van der Waals surface area contributed by atoms with Crippen molar-refractivity contribution in [3.8, 4) is 0 Å². The predicted octanol–water partition coefficient (Wildman–Crippen LogP) is 2.99. The van der Waals surface area contributed by atoms with E-state index in [2.05, 4.69) is 22.4 Å². The third-order valence-electron chi connectivity index (χ3n) is 3.53. The minimum Gasteiger partial charge on any atom is -0.444 e. The van der Waals surface area contributed by atoms with Crippen molar-refractivity contribution in [3.63, 3.8) is 0 Å². The van der Waals surface area contributed by atoms with Crippen LogP contribution in [0.15, 0.2) is 5.51 Å². The maximum Gasteiger partial charge on any atom is 0.410 e. The number of carbonyl (C=O) groups excluding carboxylic acids is 1. The summed E-state index contributed by atoms with van der Waals surface area (Å²) in [7, 11) is 0. The average Bonchev–Trinajstić information content (AvgIpc) is 2.90. The molecular formula is C14H24N4O2S. The standard InChI is InChI=1S/C14H24N4O2S/c1-10(16-12-17-15-9-21-12)11-6-5-7-18(8-11)13(19)20-14(2,3)4/h9-11H,5-8H2,1-4H3,(H,16,17). The van der Waals surface area contributed by atoms with Crippen LogP contribution >= 0.6 is 11.3 Å². The second-order valence-corrected chi connectivity index (χ2v) is 7.34. The van der Waals surface area contributed by atoms with E-state index in [1.54, 1.807) is 5.51 Å². The summed E-state index contributed by atoms with van der Waals surface area (Å²) < 4.78 is 5.46. The Balaban J connectivity index is 1.89. The zero-order chi connectivity index (χ0) is 15.5. The van der Waals surface area contributed by atoms with Gasteiger partial charge in [-0.2, -0.15) is 0 Å². The Hall–Kier alpha value is -1.37. The van der Waals surface area contributed by atoms with Gasteiger partial charge in [0, 0.05) is 19.1 Å². The van der Waals surface area contributed by atoms with Crippen molar-refractivity contribution in [1.82, 2.24) is 15.1 Å². The lowest BCUT2D eigenvalue weighted by molar-refractivity contribution is 0.0159. The molecule has 21 heavy (non-hydrogen) atoms. The van der Waals surface area contributed by atoms with Crippen molar-refractivity contribution in [1.29, 1.82) is 0 Å². The van der Waals surface area contributed by atoms with Crippen LogP contribution in [0, 0.1) is 5.92 Å². The molecule has 2 atom stereocenters. The molecule has 0 bridgehead atoms. The highest BCUT2D eigenvalue weighted by atomic mass is 32.1. The van der Waals surface area contributed by atoms with Crippen LogP contribution in [0.4, 0.5) is 9.93 Å². The molecule has 0 saturated carbocycles. The highest BCUT2D eigenvalue weighted by molar-refractivity contribution is 7.13. The van der Waals surface area contributed by atoms with Gasteiger partial charge in [0.2, 0.25) is 5.13 Å². The molecule has 1 N–H and O–H groups in total. The highest BCUT2D eigenvalue weighted by Crippen LogP contribution is 2.24. The molecule has 0 aliphatic carbocycles. The van der Waals surface area contributed by atoms with E-state index >= 15 is 0 Å². The van der Waals surface area contributed by atoms with Crippen molar-refractivity contribution in [3.05, 3.63) is 5.51 Å². The lowest BCUT2D eigenvalue weighted by Gasteiger charge is -2.36. The first-order chi connectivity index (χ1) is 9.85. The Morgan fingerprint density at radius 1 is 1.57 bits per heavy atom. The molecule has 2 rings (SSSR count). The lowest BCUT2D eigenvalue weighted by Crippen LogP contribution is -2.46. The van der Waals surface area contributed by atoms with E-state index in [4.69, 9.17) is 4.74 Å². The second kappa shape index (κ2) is 6.60. The first-order valence-corrected chi connectivity index (χ1v) is 8.24. The molecule has 0 radical (unpaired) electrons. The van der Waals surface area contributed by atoms with Gasteiger partial charge in [-0.15, -0.1) is 10.2 Å². The van der Waals surface area contributed by atoms with Gasteiger partial charge in [-0.05, 0) is 46.5 Å². The fraction of sp³-hybridized carbons (Fsp3) is 0.786. The molecule has 1 aromatic rings. The summed E-state index contributed by atoms with van der Waals surface area (Å²) in [4.78, 5) is 14.0. The summed E-state index contributed by atoms with van der Waals surface area (Å²) in [5.74, 6) is 0.398. The van der Waals surface area contributed by atoms with Gasteiger partial charge in [0.1, 0.15) is 11.1 Å². The first-order valence-electron chi connectivity index (χ1n) is 7.36. The van der Waals surface area contributed by atoms with E-state index in [-0.39, 0.29) is 12.1 Å². The molecule has 7 heteroatoms. The third-order valence-corrected chi connectivity index (χ3v) is 4.15. The van der Waals surface area contributed by atoms with Crippen LogP contribution in [0.1, 0.15) is 40.5 Å². The first kappa shape index (κ1) is 16.0. The third kappa shape index (κ3) is 4.84. The van der Waals surface area contributed by atoms with Gasteiger partial charge in [0.05, 0.1) is 0 Å². The molecule has 1 aliphatic rings. The minimum absolute atomic E-state index is 0.213. The van der Waals surface area contributed by atoms with Crippen LogP contribution in [-0.4, -0.2) is 45.9 Å². The number of hydrogen-bond acceptors (Lipinski definition) is 6. The number of anilines is 1. The molecule has 2 unspecified atom stereocenters. The van der Waals surface area contributed by atoms with E-state index in [1.165, 1.54) is 11.3 Å². The number of piperidine rings is 1. The van der Waals surface area contributed by atoms with Crippen molar-refractivity contribution >= 4 is 22.6 Å². The lowest BCUT2D eigenvalue weighted by atomic mass is 9.92. The number of hydrogen-bond donors (Lipinski definition) is 1. The maximum absolute atomic E-state index is 12.2. The summed E-state index contributed by atoms with van der Waals surface area (Å²) in [6.07, 6.45) is 1.90. The van der Waals surface area contributed by atoms with Crippen LogP contribution in [-0.2, 0) is 4.74 Å². The number of nitrogens with zero attached hydrogens (tertiary/aromatic N) is 3. The van der Waals surface area contributed by atoms with E-state index in [9.17, 15) is 4.79 Å². The van der Waals surface area contributed by atoms with Crippen LogP contribution in [0.5, 0.6) is 0 Å². The average molecular weight is 312 g/mol. The Kier molecular flexibility index (Phi) is 5.03. The van der Waals surface area contributed by atoms with E-state index in [0.29, 0.717) is 5.92 Å². The van der Waals surface area contributed by atoms with Gasteiger partial charge in [-0.1, -0.05) is 11.3 Å². The van der Waals surface area contributed by atoms with Gasteiger partial charge < -0.3 is 15.0 Å². The number of carbonyl (C=O) groups is 1. The highest BCUT2D eigenvalue weighted by Gasteiger charge is 2.30. The van der Waals surface area contributed by atoms with Crippen molar-refractivity contribution in [2.45, 2.75) is 52.2 Å². The number of nitrogens with one attached hydrogen (secondary N) is 1. The molecular weight excluding hydrogens is 288 g/mol. The Labute approximate surface area is 129 Å². The van der Waals surface area contributed by atoms with Crippen LogP contribution in [0.2, 0.25) is 0 Å². The zero-order valence-electron chi connectivity index (χ0n) is 13.1. The topological polar surface area (TPSA) is 67.4 Å². The molecule has 0 spiro atoms. The Bertz CT molecular complexity index is 458. The molecule has 2 heterocycles. The fourth-order valence-corrected chi connectivity index (χ4v) is 3.00. The van der Waals surface area contributed by atoms with Crippen molar-refractivity contribution < 1.29 is 9.53 Å². The molecule has 1 amide bonds. The van der Waals surface area contributed by atoms with Crippen molar-refractivity contribution in [2.75, 3.05) is 18.4 Å². The SMILES string of the molecule is CC(Nc1nncs1)C1CCCN(C(=O)OC(C)(C)C)C1. The smallest absolute Gasteiger partial charge is 0.410 e. The molecule has 1 aliphatic heterocycles. The number of amides is 1. The molecule has 1 fully saturated rings. The molecule has 0 aromatic carbocycles.